The first-order chi connectivity index (χ1) is 9.94. The van der Waals surface area contributed by atoms with E-state index in [4.69, 9.17) is 0 Å². The summed E-state index contributed by atoms with van der Waals surface area (Å²) in [4.78, 5) is 27.2. The van der Waals surface area contributed by atoms with Crippen LogP contribution in [0, 0.1) is 0 Å². The van der Waals surface area contributed by atoms with Crippen molar-refractivity contribution in [3.8, 4) is 0 Å². The van der Waals surface area contributed by atoms with Gasteiger partial charge in [0.25, 0.3) is 12.4 Å². The predicted molar refractivity (Wildman–Crippen MR) is 79.9 cm³/mol. The minimum atomic E-state index is -0.318. The van der Waals surface area contributed by atoms with Crippen molar-refractivity contribution in [1.82, 2.24) is 15.2 Å². The molecule has 0 spiro atoms. The van der Waals surface area contributed by atoms with E-state index in [1.807, 2.05) is 25.7 Å². The van der Waals surface area contributed by atoms with Crippen molar-refractivity contribution in [2.45, 2.75) is 26.4 Å². The van der Waals surface area contributed by atoms with E-state index in [1.54, 1.807) is 24.5 Å². The fourth-order valence-electron chi connectivity index (χ4n) is 1.68. The van der Waals surface area contributed by atoms with Crippen molar-refractivity contribution >= 4 is 12.4 Å². The molecule has 2 rings (SSSR count). The summed E-state index contributed by atoms with van der Waals surface area (Å²) < 4.78 is 4.55. The van der Waals surface area contributed by atoms with Gasteiger partial charge in [0.2, 0.25) is 0 Å². The quantitative estimate of drug-likeness (QED) is 0.826. The van der Waals surface area contributed by atoms with E-state index in [0.29, 0.717) is 12.0 Å². The van der Waals surface area contributed by atoms with E-state index < -0.39 is 0 Å². The Balaban J connectivity index is 0.000000270. The molecule has 1 fully saturated rings. The lowest BCUT2D eigenvalue weighted by atomic mass is 10.2. The molecular formula is C15H23N3O3. The molecule has 1 saturated heterocycles. The molecule has 1 N–H and O–H groups in total. The van der Waals surface area contributed by atoms with Crippen molar-refractivity contribution < 1.29 is 14.3 Å². The Hall–Kier alpha value is -1.95. The van der Waals surface area contributed by atoms with Gasteiger partial charge < -0.3 is 15.0 Å². The zero-order valence-electron chi connectivity index (χ0n) is 12.8. The maximum Gasteiger partial charge on any atom is 0.293 e. The van der Waals surface area contributed by atoms with Crippen LogP contribution in [0.5, 0.6) is 0 Å². The number of amides is 1. The number of pyridine rings is 1. The molecule has 1 aromatic rings. The Bertz CT molecular complexity index is 437. The molecule has 0 aromatic carbocycles. The van der Waals surface area contributed by atoms with Gasteiger partial charge in [-0.1, -0.05) is 0 Å². The van der Waals surface area contributed by atoms with Crippen LogP contribution in [0.3, 0.4) is 0 Å². The van der Waals surface area contributed by atoms with Gasteiger partial charge in [-0.25, -0.2) is 0 Å². The van der Waals surface area contributed by atoms with E-state index in [2.05, 4.69) is 15.0 Å². The third-order valence-corrected chi connectivity index (χ3v) is 2.71. The van der Waals surface area contributed by atoms with Gasteiger partial charge in [-0.3, -0.25) is 14.6 Å². The van der Waals surface area contributed by atoms with Crippen LogP contribution >= 0.6 is 0 Å². The van der Waals surface area contributed by atoms with Crippen LogP contribution in [0.25, 0.3) is 0 Å². The smallest absolute Gasteiger partial charge is 0.293 e. The lowest BCUT2D eigenvalue weighted by Gasteiger charge is -2.27. The first-order valence-corrected chi connectivity index (χ1v) is 6.95. The van der Waals surface area contributed by atoms with Gasteiger partial charge in [0, 0.05) is 38.6 Å². The molecule has 0 bridgehead atoms. The number of aromatic nitrogens is 1. The number of rotatable bonds is 2. The predicted octanol–water partition coefficient (Wildman–Crippen LogP) is 1.08. The summed E-state index contributed by atoms with van der Waals surface area (Å²) in [5, 5.41) is 3.21. The molecule has 0 unspecified atom stereocenters. The minimum absolute atomic E-state index is 0.0830. The first kappa shape index (κ1) is 17.1. The summed E-state index contributed by atoms with van der Waals surface area (Å²) in [7, 11) is 0. The lowest BCUT2D eigenvalue weighted by molar-refractivity contribution is -0.138. The monoisotopic (exact) mass is 293 g/mol. The van der Waals surface area contributed by atoms with Crippen molar-refractivity contribution in [3.05, 3.63) is 30.1 Å². The van der Waals surface area contributed by atoms with Crippen LogP contribution in [0.1, 0.15) is 31.1 Å². The molecule has 0 atom stereocenters. The topological polar surface area (TPSA) is 71.5 Å². The molecule has 1 amide bonds. The van der Waals surface area contributed by atoms with Crippen molar-refractivity contribution in [1.29, 1.82) is 0 Å². The number of carbonyl (C=O) groups is 2. The highest BCUT2D eigenvalue weighted by atomic mass is 16.5. The fraction of sp³-hybridized carbons (Fsp3) is 0.533. The second-order valence-corrected chi connectivity index (χ2v) is 5.61. The number of carbonyl (C=O) groups excluding carboxylic acids is 2. The molecule has 6 nitrogen and oxygen atoms in total. The minimum Gasteiger partial charge on any atom is -0.462 e. The van der Waals surface area contributed by atoms with Gasteiger partial charge in [-0.15, -0.1) is 0 Å². The van der Waals surface area contributed by atoms with Crippen molar-refractivity contribution in [3.63, 3.8) is 0 Å². The van der Waals surface area contributed by atoms with E-state index in [-0.39, 0.29) is 11.5 Å². The van der Waals surface area contributed by atoms with Crippen LogP contribution in [0.15, 0.2) is 24.5 Å². The van der Waals surface area contributed by atoms with Crippen LogP contribution in [-0.2, 0) is 9.53 Å². The highest BCUT2D eigenvalue weighted by Crippen LogP contribution is 2.04. The molecular weight excluding hydrogens is 270 g/mol. The highest BCUT2D eigenvalue weighted by Gasteiger charge is 2.17. The fourth-order valence-corrected chi connectivity index (χ4v) is 1.68. The largest absolute Gasteiger partial charge is 0.462 e. The molecule has 0 aliphatic carbocycles. The second-order valence-electron chi connectivity index (χ2n) is 5.61. The van der Waals surface area contributed by atoms with E-state index in [1.165, 1.54) is 0 Å². The van der Waals surface area contributed by atoms with Crippen molar-refractivity contribution in [2.75, 3.05) is 26.2 Å². The number of hydrogen-bond donors (Lipinski definition) is 1. The number of hydrogen-bond acceptors (Lipinski definition) is 5. The van der Waals surface area contributed by atoms with Gasteiger partial charge >= 0.3 is 0 Å². The Morgan fingerprint density at radius 1 is 1.38 bits per heavy atom. The highest BCUT2D eigenvalue weighted by molar-refractivity contribution is 5.93. The van der Waals surface area contributed by atoms with Crippen LogP contribution in [0.2, 0.25) is 0 Å². The molecule has 1 aromatic heterocycles. The number of piperazine rings is 1. The summed E-state index contributed by atoms with van der Waals surface area (Å²) >= 11 is 0. The normalized spacial score (nSPS) is 14.7. The Labute approximate surface area is 125 Å². The lowest BCUT2D eigenvalue weighted by Crippen LogP contribution is -2.46. The molecule has 6 heteroatoms. The molecule has 116 valence electrons. The average Bonchev–Trinajstić information content (AvgIpc) is 2.48. The zero-order valence-corrected chi connectivity index (χ0v) is 12.8. The van der Waals surface area contributed by atoms with Crippen LogP contribution in [0.4, 0.5) is 0 Å². The van der Waals surface area contributed by atoms with Crippen molar-refractivity contribution in [2.24, 2.45) is 0 Å². The van der Waals surface area contributed by atoms with Gasteiger partial charge in [-0.05, 0) is 32.9 Å². The third-order valence-electron chi connectivity index (χ3n) is 2.71. The maximum absolute atomic E-state index is 11.9. The van der Waals surface area contributed by atoms with Gasteiger partial charge in [0.15, 0.2) is 0 Å². The molecule has 0 radical (unpaired) electrons. The van der Waals surface area contributed by atoms with E-state index >= 15 is 0 Å². The third kappa shape index (κ3) is 6.85. The zero-order chi connectivity index (χ0) is 15.7. The molecule has 21 heavy (non-hydrogen) atoms. The van der Waals surface area contributed by atoms with Gasteiger partial charge in [0.05, 0.1) is 5.56 Å². The maximum atomic E-state index is 11.9. The standard InChI is InChI=1S/C10H13N3O.C5H10O2/c14-10(9-2-1-3-12-8-9)13-6-4-11-5-7-13;1-5(2,3)7-4-6/h1-3,8,11H,4-7H2;4H,1-3H3. The second kappa shape index (κ2) is 8.36. The summed E-state index contributed by atoms with van der Waals surface area (Å²) in [5.74, 6) is 0.0830. The van der Waals surface area contributed by atoms with E-state index in [9.17, 15) is 9.59 Å². The SMILES string of the molecule is CC(C)(C)OC=O.O=C(c1cccnc1)N1CCNCC1. The Kier molecular flexibility index (Phi) is 6.81. The summed E-state index contributed by atoms with van der Waals surface area (Å²) in [6.07, 6.45) is 3.29. The van der Waals surface area contributed by atoms with Gasteiger partial charge in [-0.2, -0.15) is 0 Å². The molecule has 1 aliphatic heterocycles. The molecule has 2 heterocycles. The van der Waals surface area contributed by atoms with Crippen LogP contribution in [-0.4, -0.2) is 54.0 Å². The number of ether oxygens (including phenoxy) is 1. The molecule has 0 saturated carbocycles. The first-order valence-electron chi connectivity index (χ1n) is 6.95. The number of nitrogens with zero attached hydrogens (tertiary/aromatic N) is 2. The van der Waals surface area contributed by atoms with Crippen LogP contribution < -0.4 is 5.32 Å². The van der Waals surface area contributed by atoms with Gasteiger partial charge in [0.1, 0.15) is 5.60 Å². The Morgan fingerprint density at radius 3 is 2.48 bits per heavy atom. The average molecular weight is 293 g/mol. The Morgan fingerprint density at radius 2 is 2.05 bits per heavy atom. The summed E-state index contributed by atoms with van der Waals surface area (Å²) in [6.45, 7) is 9.25. The number of nitrogens with one attached hydrogen (secondary N) is 1. The summed E-state index contributed by atoms with van der Waals surface area (Å²) in [5.41, 5.74) is 0.358. The summed E-state index contributed by atoms with van der Waals surface area (Å²) in [6, 6.07) is 3.59. The molecule has 1 aliphatic rings. The van der Waals surface area contributed by atoms with E-state index in [0.717, 1.165) is 26.2 Å².